The number of hydrogen-bond acceptors (Lipinski definition) is 4. The number of ether oxygens (including phenoxy) is 1. The van der Waals surface area contributed by atoms with Crippen molar-refractivity contribution in [2.24, 2.45) is 0 Å². The Labute approximate surface area is 83.9 Å². The normalized spacial score (nSPS) is 23.9. The lowest BCUT2D eigenvalue weighted by Crippen LogP contribution is -2.40. The fraction of sp³-hybridized carbons (Fsp3) is 0.700. The van der Waals surface area contributed by atoms with E-state index in [1.165, 1.54) is 18.3 Å². The van der Waals surface area contributed by atoms with Crippen LogP contribution in [0.15, 0.2) is 11.1 Å². The van der Waals surface area contributed by atoms with Crippen LogP contribution in [0.1, 0.15) is 6.92 Å². The number of esters is 1. The van der Waals surface area contributed by atoms with E-state index in [-0.39, 0.29) is 12.0 Å². The van der Waals surface area contributed by atoms with Gasteiger partial charge in [-0.05, 0) is 18.1 Å². The van der Waals surface area contributed by atoms with Crippen LogP contribution >= 0.6 is 0 Å². The molecule has 0 saturated carbocycles. The third-order valence-corrected chi connectivity index (χ3v) is 3.05. The average Bonchev–Trinajstić information content (AvgIpc) is 2.74. The number of carbonyl (C=O) groups is 1. The predicted octanol–water partition coefficient (Wildman–Crippen LogP) is -0.237. The van der Waals surface area contributed by atoms with Gasteiger partial charge in [0.05, 0.1) is 7.11 Å². The summed E-state index contributed by atoms with van der Waals surface area (Å²) >= 11 is 0. The van der Waals surface area contributed by atoms with Crippen LogP contribution in [0.4, 0.5) is 0 Å². The Morgan fingerprint density at radius 1 is 1.43 bits per heavy atom. The summed E-state index contributed by atoms with van der Waals surface area (Å²) in [7, 11) is 1.44. The topological polar surface area (TPSA) is 41.6 Å². The fourth-order valence-corrected chi connectivity index (χ4v) is 2.09. The van der Waals surface area contributed by atoms with Crippen LogP contribution in [-0.2, 0) is 9.53 Å². The second kappa shape index (κ2) is 3.71. The molecule has 0 fully saturated rings. The molecule has 0 aromatic rings. The first-order chi connectivity index (χ1) is 6.72. The van der Waals surface area contributed by atoms with E-state index < -0.39 is 0 Å². The maximum absolute atomic E-state index is 11.3. The molecule has 2 rings (SSSR count). The van der Waals surface area contributed by atoms with Gasteiger partial charge in [-0.15, -0.1) is 0 Å². The van der Waals surface area contributed by atoms with Crippen molar-refractivity contribution in [1.29, 1.82) is 0 Å². The zero-order valence-corrected chi connectivity index (χ0v) is 8.67. The number of rotatable bonds is 2. The highest BCUT2D eigenvalue weighted by Crippen LogP contribution is 2.22. The SMILES string of the molecule is COC(=O)C(C)N1CC2=C(CNC2)C1. The molecule has 0 aromatic heterocycles. The van der Waals surface area contributed by atoms with Crippen LogP contribution in [0.2, 0.25) is 0 Å². The summed E-state index contributed by atoms with van der Waals surface area (Å²) < 4.78 is 4.73. The highest BCUT2D eigenvalue weighted by molar-refractivity contribution is 5.75. The van der Waals surface area contributed by atoms with Crippen LogP contribution in [0.5, 0.6) is 0 Å². The maximum atomic E-state index is 11.3. The largest absolute Gasteiger partial charge is 0.468 e. The van der Waals surface area contributed by atoms with Crippen molar-refractivity contribution in [2.75, 3.05) is 33.3 Å². The summed E-state index contributed by atoms with van der Waals surface area (Å²) in [5.74, 6) is -0.140. The van der Waals surface area contributed by atoms with Gasteiger partial charge in [0.25, 0.3) is 0 Å². The highest BCUT2D eigenvalue weighted by atomic mass is 16.5. The molecule has 78 valence electrons. The van der Waals surface area contributed by atoms with Crippen molar-refractivity contribution in [3.8, 4) is 0 Å². The number of nitrogens with zero attached hydrogens (tertiary/aromatic N) is 1. The van der Waals surface area contributed by atoms with Crippen molar-refractivity contribution >= 4 is 5.97 Å². The molecule has 0 saturated heterocycles. The molecule has 2 heterocycles. The third kappa shape index (κ3) is 1.55. The Morgan fingerprint density at radius 3 is 2.50 bits per heavy atom. The highest BCUT2D eigenvalue weighted by Gasteiger charge is 2.31. The number of methoxy groups -OCH3 is 1. The summed E-state index contributed by atoms with van der Waals surface area (Å²) in [6, 6.07) is -0.120. The molecule has 4 heteroatoms. The van der Waals surface area contributed by atoms with Gasteiger partial charge in [0.15, 0.2) is 0 Å². The number of nitrogens with one attached hydrogen (secondary N) is 1. The van der Waals surface area contributed by atoms with Crippen LogP contribution < -0.4 is 5.32 Å². The van der Waals surface area contributed by atoms with Gasteiger partial charge in [0.1, 0.15) is 6.04 Å². The van der Waals surface area contributed by atoms with Gasteiger partial charge >= 0.3 is 5.97 Å². The molecule has 2 aliphatic rings. The van der Waals surface area contributed by atoms with Crippen LogP contribution in [-0.4, -0.2) is 50.2 Å². The monoisotopic (exact) mass is 196 g/mol. The standard InChI is InChI=1S/C10H16N2O2/c1-7(10(13)14-2)12-5-8-3-11-4-9(8)6-12/h7,11H,3-6H2,1-2H3. The number of carbonyl (C=O) groups excluding carboxylic acids is 1. The van der Waals surface area contributed by atoms with Gasteiger partial charge in [-0.25, -0.2) is 0 Å². The van der Waals surface area contributed by atoms with E-state index >= 15 is 0 Å². The van der Waals surface area contributed by atoms with Gasteiger partial charge in [-0.3, -0.25) is 9.69 Å². The molecule has 0 spiro atoms. The zero-order chi connectivity index (χ0) is 10.1. The van der Waals surface area contributed by atoms with Gasteiger partial charge < -0.3 is 10.1 Å². The van der Waals surface area contributed by atoms with Gasteiger partial charge in [-0.2, -0.15) is 0 Å². The van der Waals surface area contributed by atoms with Gasteiger partial charge in [0.2, 0.25) is 0 Å². The van der Waals surface area contributed by atoms with E-state index in [1.54, 1.807) is 0 Å². The molecule has 4 nitrogen and oxygen atoms in total. The smallest absolute Gasteiger partial charge is 0.322 e. The predicted molar refractivity (Wildman–Crippen MR) is 52.9 cm³/mol. The van der Waals surface area contributed by atoms with E-state index in [9.17, 15) is 4.79 Å². The lowest BCUT2D eigenvalue weighted by atomic mass is 10.2. The molecule has 14 heavy (non-hydrogen) atoms. The van der Waals surface area contributed by atoms with E-state index in [1.807, 2.05) is 6.92 Å². The van der Waals surface area contributed by atoms with Crippen LogP contribution in [0.25, 0.3) is 0 Å². The van der Waals surface area contributed by atoms with Crippen molar-refractivity contribution in [1.82, 2.24) is 10.2 Å². The van der Waals surface area contributed by atoms with Crippen molar-refractivity contribution in [3.05, 3.63) is 11.1 Å². The molecule has 0 aliphatic carbocycles. The Bertz CT molecular complexity index is 270. The summed E-state index contributed by atoms with van der Waals surface area (Å²) in [5.41, 5.74) is 2.92. The fourth-order valence-electron chi connectivity index (χ4n) is 2.09. The first kappa shape index (κ1) is 9.68. The maximum Gasteiger partial charge on any atom is 0.322 e. The first-order valence-corrected chi connectivity index (χ1v) is 4.94. The minimum atomic E-state index is -0.140. The van der Waals surface area contributed by atoms with Gasteiger partial charge in [0, 0.05) is 26.2 Å². The minimum Gasteiger partial charge on any atom is -0.468 e. The molecule has 2 aliphatic heterocycles. The quantitative estimate of drug-likeness (QED) is 0.489. The zero-order valence-electron chi connectivity index (χ0n) is 8.67. The van der Waals surface area contributed by atoms with Crippen LogP contribution in [0.3, 0.4) is 0 Å². The lowest BCUT2D eigenvalue weighted by Gasteiger charge is -2.23. The van der Waals surface area contributed by atoms with Crippen molar-refractivity contribution in [2.45, 2.75) is 13.0 Å². The second-order valence-electron chi connectivity index (χ2n) is 3.91. The Balaban J connectivity index is 1.95. The summed E-state index contributed by atoms with van der Waals surface area (Å²) in [5, 5.41) is 3.31. The Morgan fingerprint density at radius 2 is 2.00 bits per heavy atom. The van der Waals surface area contributed by atoms with E-state index in [0.717, 1.165) is 26.2 Å². The van der Waals surface area contributed by atoms with Crippen molar-refractivity contribution < 1.29 is 9.53 Å². The summed E-state index contributed by atoms with van der Waals surface area (Å²) in [4.78, 5) is 13.5. The molecule has 1 unspecified atom stereocenters. The minimum absolute atomic E-state index is 0.120. The summed E-state index contributed by atoms with van der Waals surface area (Å²) in [6.07, 6.45) is 0. The number of hydrogen-bond donors (Lipinski definition) is 1. The molecule has 0 radical (unpaired) electrons. The molecule has 1 atom stereocenters. The Hall–Kier alpha value is -0.870. The molecule has 0 bridgehead atoms. The van der Waals surface area contributed by atoms with Crippen LogP contribution in [0, 0.1) is 0 Å². The second-order valence-corrected chi connectivity index (χ2v) is 3.91. The molecule has 1 N–H and O–H groups in total. The summed E-state index contributed by atoms with van der Waals surface area (Å²) in [6.45, 7) is 5.71. The molecular formula is C10H16N2O2. The van der Waals surface area contributed by atoms with E-state index in [0.29, 0.717) is 0 Å². The average molecular weight is 196 g/mol. The van der Waals surface area contributed by atoms with E-state index in [2.05, 4.69) is 10.2 Å². The molecule has 0 amide bonds. The third-order valence-electron chi connectivity index (χ3n) is 3.05. The molecule has 0 aromatic carbocycles. The molecular weight excluding hydrogens is 180 g/mol. The first-order valence-electron chi connectivity index (χ1n) is 4.94. The lowest BCUT2D eigenvalue weighted by molar-refractivity contribution is -0.145. The Kier molecular flexibility index (Phi) is 2.56. The van der Waals surface area contributed by atoms with E-state index in [4.69, 9.17) is 4.74 Å². The van der Waals surface area contributed by atoms with Crippen molar-refractivity contribution in [3.63, 3.8) is 0 Å². The van der Waals surface area contributed by atoms with Gasteiger partial charge in [-0.1, -0.05) is 0 Å².